The molecule has 0 fully saturated rings. The number of hydrogen-bond donors (Lipinski definition) is 2. The Morgan fingerprint density at radius 3 is 2.65 bits per heavy atom. The van der Waals surface area contributed by atoms with E-state index in [9.17, 15) is 12.8 Å². The molecular formula is C13H21FN2O3S. The second-order valence-corrected chi connectivity index (χ2v) is 6.31. The second-order valence-electron chi connectivity index (χ2n) is 4.58. The zero-order chi connectivity index (χ0) is 15.2. The quantitative estimate of drug-likeness (QED) is 0.567. The van der Waals surface area contributed by atoms with Crippen LogP contribution in [0.3, 0.4) is 0 Å². The minimum absolute atomic E-state index is 0.0751. The molecule has 7 heteroatoms. The molecule has 0 heterocycles. The van der Waals surface area contributed by atoms with E-state index >= 15 is 0 Å². The van der Waals surface area contributed by atoms with Crippen molar-refractivity contribution < 1.29 is 17.5 Å². The van der Waals surface area contributed by atoms with Gasteiger partial charge in [-0.05, 0) is 38.3 Å². The smallest absolute Gasteiger partial charge is 0.241 e. The number of anilines is 1. The third-order valence-electron chi connectivity index (χ3n) is 2.93. The summed E-state index contributed by atoms with van der Waals surface area (Å²) in [5.74, 6) is -0.620. The summed E-state index contributed by atoms with van der Waals surface area (Å²) in [6.45, 7) is 2.39. The predicted molar refractivity (Wildman–Crippen MR) is 76.5 cm³/mol. The molecule has 3 N–H and O–H groups in total. The fraction of sp³-hybridized carbons (Fsp3) is 0.538. The number of benzene rings is 1. The van der Waals surface area contributed by atoms with Gasteiger partial charge in [0.05, 0.1) is 4.90 Å². The van der Waals surface area contributed by atoms with E-state index in [0.717, 1.165) is 18.9 Å². The van der Waals surface area contributed by atoms with Crippen molar-refractivity contribution in [2.75, 3.05) is 26.0 Å². The normalized spacial score (nSPS) is 11.8. The first-order valence-electron chi connectivity index (χ1n) is 6.42. The first kappa shape index (κ1) is 16.9. The molecule has 0 aliphatic heterocycles. The number of halogens is 1. The van der Waals surface area contributed by atoms with Crippen LogP contribution in [0.4, 0.5) is 10.1 Å². The molecule has 0 amide bonds. The summed E-state index contributed by atoms with van der Waals surface area (Å²) in [5.41, 5.74) is 5.65. The fourth-order valence-electron chi connectivity index (χ4n) is 1.79. The first-order chi connectivity index (χ1) is 9.38. The van der Waals surface area contributed by atoms with Crippen LogP contribution in [0.2, 0.25) is 0 Å². The monoisotopic (exact) mass is 304 g/mol. The Labute approximate surface area is 119 Å². The summed E-state index contributed by atoms with van der Waals surface area (Å²) in [4.78, 5) is -0.105. The highest BCUT2D eigenvalue weighted by Crippen LogP contribution is 2.21. The Morgan fingerprint density at radius 1 is 1.30 bits per heavy atom. The van der Waals surface area contributed by atoms with E-state index in [2.05, 4.69) is 4.72 Å². The van der Waals surface area contributed by atoms with E-state index < -0.39 is 15.8 Å². The number of nitrogens with two attached hydrogens (primary N) is 1. The van der Waals surface area contributed by atoms with E-state index in [-0.39, 0.29) is 16.1 Å². The minimum Gasteiger partial charge on any atom is -0.399 e. The van der Waals surface area contributed by atoms with Crippen molar-refractivity contribution in [2.45, 2.75) is 31.1 Å². The fourth-order valence-corrected chi connectivity index (χ4v) is 3.15. The molecule has 0 aromatic heterocycles. The van der Waals surface area contributed by atoms with Crippen molar-refractivity contribution in [2.24, 2.45) is 0 Å². The average molecular weight is 304 g/mol. The molecular weight excluding hydrogens is 283 g/mol. The lowest BCUT2D eigenvalue weighted by molar-refractivity contribution is 0.192. The van der Waals surface area contributed by atoms with Crippen molar-refractivity contribution in [1.29, 1.82) is 0 Å². The molecule has 0 saturated heterocycles. The number of methoxy groups -OCH3 is 1. The Morgan fingerprint density at radius 2 is 2.00 bits per heavy atom. The molecule has 1 aromatic rings. The molecule has 114 valence electrons. The molecule has 5 nitrogen and oxygen atoms in total. The summed E-state index contributed by atoms with van der Waals surface area (Å²) < 4.78 is 45.1. The molecule has 0 radical (unpaired) electrons. The SMILES string of the molecule is COCCCCCNS(=O)(=O)c1cc(N)cc(F)c1C. The van der Waals surface area contributed by atoms with Gasteiger partial charge in [0.1, 0.15) is 5.82 Å². The van der Waals surface area contributed by atoms with Gasteiger partial charge in [-0.3, -0.25) is 0 Å². The minimum atomic E-state index is -3.73. The molecule has 0 spiro atoms. The third kappa shape index (κ3) is 4.73. The van der Waals surface area contributed by atoms with Crippen LogP contribution in [-0.2, 0) is 14.8 Å². The van der Waals surface area contributed by atoms with Crippen molar-refractivity contribution in [1.82, 2.24) is 4.72 Å². The molecule has 0 aliphatic carbocycles. The van der Waals surface area contributed by atoms with Gasteiger partial charge in [-0.15, -0.1) is 0 Å². The molecule has 0 bridgehead atoms. The Hall–Kier alpha value is -1.18. The maximum absolute atomic E-state index is 13.5. The molecule has 1 aromatic carbocycles. The highest BCUT2D eigenvalue weighted by atomic mass is 32.2. The van der Waals surface area contributed by atoms with Gasteiger partial charge in [0.25, 0.3) is 0 Å². The largest absolute Gasteiger partial charge is 0.399 e. The average Bonchev–Trinajstić information content (AvgIpc) is 2.37. The summed E-state index contributed by atoms with van der Waals surface area (Å²) in [5, 5.41) is 0. The highest BCUT2D eigenvalue weighted by Gasteiger charge is 2.19. The van der Waals surface area contributed by atoms with Crippen molar-refractivity contribution in [3.05, 3.63) is 23.5 Å². The van der Waals surface area contributed by atoms with Crippen LogP contribution in [0.1, 0.15) is 24.8 Å². The lowest BCUT2D eigenvalue weighted by atomic mass is 10.2. The summed E-state index contributed by atoms with van der Waals surface area (Å²) in [6, 6.07) is 2.38. The van der Waals surface area contributed by atoms with Crippen LogP contribution >= 0.6 is 0 Å². The maximum Gasteiger partial charge on any atom is 0.241 e. The standard InChI is InChI=1S/C13H21FN2O3S/c1-10-12(14)8-11(15)9-13(10)20(17,18)16-6-4-3-5-7-19-2/h8-9,16H,3-7,15H2,1-2H3. The lowest BCUT2D eigenvalue weighted by Crippen LogP contribution is -2.26. The molecule has 0 unspecified atom stereocenters. The van der Waals surface area contributed by atoms with Crippen molar-refractivity contribution in [3.63, 3.8) is 0 Å². The number of ether oxygens (including phenoxy) is 1. The van der Waals surface area contributed by atoms with Gasteiger partial charge in [0, 0.05) is 31.5 Å². The number of sulfonamides is 1. The van der Waals surface area contributed by atoms with Gasteiger partial charge in [0.2, 0.25) is 10.0 Å². The van der Waals surface area contributed by atoms with Gasteiger partial charge in [-0.1, -0.05) is 0 Å². The second kappa shape index (κ2) is 7.56. The molecule has 20 heavy (non-hydrogen) atoms. The summed E-state index contributed by atoms with van der Waals surface area (Å²) in [7, 11) is -2.11. The van der Waals surface area contributed by atoms with Crippen LogP contribution < -0.4 is 10.5 Å². The van der Waals surface area contributed by atoms with Crippen LogP contribution in [0.5, 0.6) is 0 Å². The van der Waals surface area contributed by atoms with Gasteiger partial charge < -0.3 is 10.5 Å². The van der Waals surface area contributed by atoms with Crippen LogP contribution in [0.15, 0.2) is 17.0 Å². The Balaban J connectivity index is 2.65. The van der Waals surface area contributed by atoms with E-state index in [4.69, 9.17) is 10.5 Å². The maximum atomic E-state index is 13.5. The molecule has 0 aliphatic rings. The number of hydrogen-bond acceptors (Lipinski definition) is 4. The predicted octanol–water partition coefficient (Wildman–Crippen LogP) is 1.81. The Kier molecular flexibility index (Phi) is 6.38. The van der Waals surface area contributed by atoms with E-state index in [1.807, 2.05) is 0 Å². The highest BCUT2D eigenvalue weighted by molar-refractivity contribution is 7.89. The van der Waals surface area contributed by atoms with Crippen LogP contribution in [0.25, 0.3) is 0 Å². The third-order valence-corrected chi connectivity index (χ3v) is 4.51. The van der Waals surface area contributed by atoms with Gasteiger partial charge in [0.15, 0.2) is 0 Å². The van der Waals surface area contributed by atoms with E-state index in [0.29, 0.717) is 19.6 Å². The van der Waals surface area contributed by atoms with Gasteiger partial charge in [-0.2, -0.15) is 0 Å². The lowest BCUT2D eigenvalue weighted by Gasteiger charge is -2.11. The Bertz CT molecular complexity index is 547. The summed E-state index contributed by atoms with van der Waals surface area (Å²) >= 11 is 0. The zero-order valence-corrected chi connectivity index (χ0v) is 12.6. The van der Waals surface area contributed by atoms with E-state index in [1.54, 1.807) is 7.11 Å². The summed E-state index contributed by atoms with van der Waals surface area (Å²) in [6.07, 6.45) is 2.44. The van der Waals surface area contributed by atoms with Gasteiger partial charge in [-0.25, -0.2) is 17.5 Å². The first-order valence-corrected chi connectivity index (χ1v) is 7.91. The molecule has 1 rings (SSSR count). The van der Waals surface area contributed by atoms with Crippen molar-refractivity contribution >= 4 is 15.7 Å². The van der Waals surface area contributed by atoms with Crippen LogP contribution in [-0.4, -0.2) is 28.7 Å². The molecule has 0 saturated carbocycles. The number of nitrogen functional groups attached to an aromatic ring is 1. The molecule has 0 atom stereocenters. The number of rotatable bonds is 8. The van der Waals surface area contributed by atoms with Crippen LogP contribution in [0, 0.1) is 12.7 Å². The van der Waals surface area contributed by atoms with Gasteiger partial charge >= 0.3 is 0 Å². The van der Waals surface area contributed by atoms with Crippen molar-refractivity contribution in [3.8, 4) is 0 Å². The number of nitrogens with one attached hydrogen (secondary N) is 1. The topological polar surface area (TPSA) is 81.4 Å². The van der Waals surface area contributed by atoms with E-state index in [1.165, 1.54) is 13.0 Å². The zero-order valence-electron chi connectivity index (χ0n) is 11.8. The number of unbranched alkanes of at least 4 members (excludes halogenated alkanes) is 2.